The number of rotatable bonds is 4. The second kappa shape index (κ2) is 6.06. The van der Waals surface area contributed by atoms with E-state index in [9.17, 15) is 8.42 Å². The van der Waals surface area contributed by atoms with Gasteiger partial charge in [-0.05, 0) is 38.3 Å². The van der Waals surface area contributed by atoms with E-state index in [1.54, 1.807) is 16.4 Å². The van der Waals surface area contributed by atoms with E-state index in [0.717, 1.165) is 37.7 Å². The quantitative estimate of drug-likeness (QED) is 0.849. The van der Waals surface area contributed by atoms with E-state index in [0.29, 0.717) is 11.4 Å². The summed E-state index contributed by atoms with van der Waals surface area (Å²) >= 11 is 0. The smallest absolute Gasteiger partial charge is 0.207 e. The van der Waals surface area contributed by atoms with Gasteiger partial charge in [-0.15, -0.1) is 0 Å². The lowest BCUT2D eigenvalue weighted by Crippen LogP contribution is -2.43. The second-order valence-electron chi connectivity index (χ2n) is 5.37. The molecule has 1 aromatic carbocycles. The zero-order valence-corrected chi connectivity index (χ0v) is 12.6. The number of hydrogen-bond donors (Lipinski definition) is 0. The first-order chi connectivity index (χ1) is 9.05. The maximum Gasteiger partial charge on any atom is 0.243 e. The molecule has 4 heteroatoms. The van der Waals surface area contributed by atoms with Crippen molar-refractivity contribution in [3.8, 4) is 0 Å². The normalized spacial score (nSPS) is 21.5. The zero-order chi connectivity index (χ0) is 13.9. The Labute approximate surface area is 116 Å². The number of nitrogens with zero attached hydrogens (tertiary/aromatic N) is 1. The monoisotopic (exact) mass is 281 g/mol. The van der Waals surface area contributed by atoms with Crippen LogP contribution in [-0.2, 0) is 10.0 Å². The highest BCUT2D eigenvalue weighted by Gasteiger charge is 2.32. The van der Waals surface area contributed by atoms with E-state index in [-0.39, 0.29) is 6.04 Å². The van der Waals surface area contributed by atoms with E-state index in [2.05, 4.69) is 6.92 Å². The summed E-state index contributed by atoms with van der Waals surface area (Å²) in [4.78, 5) is 0.432. The van der Waals surface area contributed by atoms with Crippen molar-refractivity contribution in [1.82, 2.24) is 4.31 Å². The van der Waals surface area contributed by atoms with Gasteiger partial charge in [-0.25, -0.2) is 8.42 Å². The van der Waals surface area contributed by atoms with Gasteiger partial charge in [-0.3, -0.25) is 0 Å². The van der Waals surface area contributed by atoms with E-state index in [1.807, 2.05) is 19.1 Å². The zero-order valence-electron chi connectivity index (χ0n) is 11.8. The van der Waals surface area contributed by atoms with Crippen molar-refractivity contribution in [3.05, 3.63) is 29.8 Å². The Hall–Kier alpha value is -0.870. The Morgan fingerprint density at radius 2 is 1.89 bits per heavy atom. The van der Waals surface area contributed by atoms with Crippen LogP contribution in [-0.4, -0.2) is 25.3 Å². The fourth-order valence-corrected chi connectivity index (χ4v) is 4.48. The summed E-state index contributed by atoms with van der Waals surface area (Å²) in [5.41, 5.74) is 1.09. The van der Waals surface area contributed by atoms with Crippen LogP contribution in [0, 0.1) is 6.92 Å². The molecule has 0 aromatic heterocycles. The summed E-state index contributed by atoms with van der Waals surface area (Å²) in [5.74, 6) is 0. The molecule has 0 spiro atoms. The molecular weight excluding hydrogens is 258 g/mol. The van der Waals surface area contributed by atoms with Crippen LogP contribution in [0.5, 0.6) is 0 Å². The molecule has 1 heterocycles. The third-order valence-electron chi connectivity index (χ3n) is 3.82. The topological polar surface area (TPSA) is 37.4 Å². The Morgan fingerprint density at radius 3 is 2.53 bits per heavy atom. The second-order valence-corrected chi connectivity index (χ2v) is 7.26. The molecule has 1 atom stereocenters. The highest BCUT2D eigenvalue weighted by Crippen LogP contribution is 2.27. The molecule has 19 heavy (non-hydrogen) atoms. The molecule has 1 saturated heterocycles. The molecule has 1 aromatic rings. The number of benzene rings is 1. The Bertz CT molecular complexity index is 505. The van der Waals surface area contributed by atoms with Gasteiger partial charge >= 0.3 is 0 Å². The number of hydrogen-bond acceptors (Lipinski definition) is 2. The predicted octanol–water partition coefficient (Wildman–Crippen LogP) is 3.34. The number of sulfonamides is 1. The number of aryl methyl sites for hydroxylation is 1. The minimum absolute atomic E-state index is 0.185. The minimum Gasteiger partial charge on any atom is -0.207 e. The van der Waals surface area contributed by atoms with Crippen molar-refractivity contribution in [2.24, 2.45) is 0 Å². The predicted molar refractivity (Wildman–Crippen MR) is 77.6 cm³/mol. The molecule has 3 nitrogen and oxygen atoms in total. The average Bonchev–Trinajstić information content (AvgIpc) is 2.40. The molecule has 0 unspecified atom stereocenters. The minimum atomic E-state index is -3.32. The third kappa shape index (κ3) is 3.18. The molecule has 1 aliphatic heterocycles. The van der Waals surface area contributed by atoms with Gasteiger partial charge in [0.15, 0.2) is 0 Å². The molecule has 0 radical (unpaired) electrons. The van der Waals surface area contributed by atoms with Crippen molar-refractivity contribution in [2.75, 3.05) is 6.54 Å². The van der Waals surface area contributed by atoms with Crippen LogP contribution in [0.3, 0.4) is 0 Å². The van der Waals surface area contributed by atoms with Gasteiger partial charge in [0.05, 0.1) is 4.90 Å². The van der Waals surface area contributed by atoms with Gasteiger partial charge in [-0.2, -0.15) is 4.31 Å². The highest BCUT2D eigenvalue weighted by atomic mass is 32.2. The molecule has 1 aliphatic rings. The van der Waals surface area contributed by atoms with Crippen molar-refractivity contribution in [3.63, 3.8) is 0 Å². The first-order valence-corrected chi connectivity index (χ1v) is 8.58. The Balaban J connectivity index is 2.28. The standard InChI is InChI=1S/C15H23NO2S/c1-3-6-14-7-4-5-12-16(14)19(17,18)15-10-8-13(2)9-11-15/h8-11,14H,3-7,12H2,1-2H3/t14-/m1/s1. The van der Waals surface area contributed by atoms with Gasteiger partial charge in [-0.1, -0.05) is 37.5 Å². The fraction of sp³-hybridized carbons (Fsp3) is 0.600. The summed E-state index contributed by atoms with van der Waals surface area (Å²) < 4.78 is 27.1. The number of piperidine rings is 1. The van der Waals surface area contributed by atoms with Crippen LogP contribution >= 0.6 is 0 Å². The van der Waals surface area contributed by atoms with Crippen molar-refractivity contribution >= 4 is 10.0 Å². The molecule has 106 valence electrons. The first kappa shape index (κ1) is 14.5. The summed E-state index contributed by atoms with van der Waals surface area (Å²) in [6, 6.07) is 7.37. The van der Waals surface area contributed by atoms with Crippen LogP contribution in [0.2, 0.25) is 0 Å². The van der Waals surface area contributed by atoms with Crippen molar-refractivity contribution in [2.45, 2.75) is 56.9 Å². The van der Waals surface area contributed by atoms with Crippen LogP contribution in [0.15, 0.2) is 29.2 Å². The van der Waals surface area contributed by atoms with E-state index in [4.69, 9.17) is 0 Å². The molecule has 0 N–H and O–H groups in total. The molecule has 0 amide bonds. The Morgan fingerprint density at radius 1 is 1.21 bits per heavy atom. The maximum atomic E-state index is 12.7. The largest absolute Gasteiger partial charge is 0.243 e. The molecular formula is C15H23NO2S. The first-order valence-electron chi connectivity index (χ1n) is 7.14. The van der Waals surface area contributed by atoms with Crippen LogP contribution < -0.4 is 0 Å². The van der Waals surface area contributed by atoms with Gasteiger partial charge in [0, 0.05) is 12.6 Å². The Kier molecular flexibility index (Phi) is 4.63. The average molecular weight is 281 g/mol. The third-order valence-corrected chi connectivity index (χ3v) is 5.79. The lowest BCUT2D eigenvalue weighted by molar-refractivity contribution is 0.239. The van der Waals surface area contributed by atoms with Gasteiger partial charge in [0.2, 0.25) is 10.0 Å². The van der Waals surface area contributed by atoms with Crippen molar-refractivity contribution < 1.29 is 8.42 Å². The van der Waals surface area contributed by atoms with E-state index >= 15 is 0 Å². The van der Waals surface area contributed by atoms with Gasteiger partial charge in [0.1, 0.15) is 0 Å². The maximum absolute atomic E-state index is 12.7. The highest BCUT2D eigenvalue weighted by molar-refractivity contribution is 7.89. The SMILES string of the molecule is CCC[C@@H]1CCCCN1S(=O)(=O)c1ccc(C)cc1. The van der Waals surface area contributed by atoms with Crippen LogP contribution in [0.25, 0.3) is 0 Å². The lowest BCUT2D eigenvalue weighted by Gasteiger charge is -2.34. The summed E-state index contributed by atoms with van der Waals surface area (Å²) in [7, 11) is -3.32. The van der Waals surface area contributed by atoms with E-state index < -0.39 is 10.0 Å². The van der Waals surface area contributed by atoms with Gasteiger partial charge < -0.3 is 0 Å². The van der Waals surface area contributed by atoms with Crippen molar-refractivity contribution in [1.29, 1.82) is 0 Å². The van der Waals surface area contributed by atoms with Crippen LogP contribution in [0.1, 0.15) is 44.6 Å². The fourth-order valence-electron chi connectivity index (χ4n) is 2.76. The summed E-state index contributed by atoms with van der Waals surface area (Å²) in [6.07, 6.45) is 5.12. The van der Waals surface area contributed by atoms with E-state index in [1.165, 1.54) is 0 Å². The molecule has 0 saturated carbocycles. The van der Waals surface area contributed by atoms with Crippen LogP contribution in [0.4, 0.5) is 0 Å². The molecule has 1 fully saturated rings. The van der Waals surface area contributed by atoms with Gasteiger partial charge in [0.25, 0.3) is 0 Å². The lowest BCUT2D eigenvalue weighted by atomic mass is 10.0. The molecule has 0 bridgehead atoms. The molecule has 2 rings (SSSR count). The summed E-state index contributed by atoms with van der Waals surface area (Å²) in [5, 5.41) is 0. The molecule has 0 aliphatic carbocycles. The summed E-state index contributed by atoms with van der Waals surface area (Å²) in [6.45, 7) is 4.75.